The third-order valence-corrected chi connectivity index (χ3v) is 2.75. The lowest BCUT2D eigenvalue weighted by atomic mass is 10.2. The van der Waals surface area contributed by atoms with Gasteiger partial charge in [0.15, 0.2) is 0 Å². The summed E-state index contributed by atoms with van der Waals surface area (Å²) in [6.07, 6.45) is 3.33. The normalized spacial score (nSPS) is 12.4. The van der Waals surface area contributed by atoms with Gasteiger partial charge in [0.1, 0.15) is 0 Å². The lowest BCUT2D eigenvalue weighted by molar-refractivity contribution is -0.140. The highest BCUT2D eigenvalue weighted by Crippen LogP contribution is 2.13. The molecule has 0 aliphatic carbocycles. The molecule has 1 rings (SSSR count). The van der Waals surface area contributed by atoms with Crippen molar-refractivity contribution in [3.63, 3.8) is 0 Å². The van der Waals surface area contributed by atoms with Crippen LogP contribution in [0.3, 0.4) is 0 Å². The van der Waals surface area contributed by atoms with Crippen LogP contribution in [0.15, 0.2) is 18.3 Å². The third-order valence-electron chi connectivity index (χ3n) is 2.75. The van der Waals surface area contributed by atoms with Gasteiger partial charge in [-0.25, -0.2) is 0 Å². The SMILES string of the molecule is CNC(C)c1cccn1CCCC(=O)OC. The molecule has 0 fully saturated rings. The van der Waals surface area contributed by atoms with Gasteiger partial charge in [-0.3, -0.25) is 4.79 Å². The number of esters is 1. The molecule has 0 aromatic carbocycles. The van der Waals surface area contributed by atoms with E-state index in [-0.39, 0.29) is 5.97 Å². The first-order valence-corrected chi connectivity index (χ1v) is 5.58. The Kier molecular flexibility index (Phi) is 5.05. The number of aromatic nitrogens is 1. The number of hydrogen-bond donors (Lipinski definition) is 1. The molecule has 0 radical (unpaired) electrons. The van der Waals surface area contributed by atoms with E-state index in [1.54, 1.807) is 0 Å². The second kappa shape index (κ2) is 6.33. The summed E-state index contributed by atoms with van der Waals surface area (Å²) in [5, 5.41) is 3.21. The molecule has 4 nitrogen and oxygen atoms in total. The highest BCUT2D eigenvalue weighted by Gasteiger charge is 2.08. The van der Waals surface area contributed by atoms with Crippen molar-refractivity contribution >= 4 is 5.97 Å². The molecule has 0 aliphatic heterocycles. The quantitative estimate of drug-likeness (QED) is 0.748. The zero-order valence-electron chi connectivity index (χ0n) is 10.2. The number of carbonyl (C=O) groups is 1. The number of carbonyl (C=O) groups excluding carboxylic acids is 1. The Morgan fingerprint density at radius 2 is 2.38 bits per heavy atom. The fourth-order valence-corrected chi connectivity index (χ4v) is 1.67. The first-order chi connectivity index (χ1) is 7.69. The maximum Gasteiger partial charge on any atom is 0.305 e. The van der Waals surface area contributed by atoms with Crippen LogP contribution < -0.4 is 5.32 Å². The molecule has 0 amide bonds. The highest BCUT2D eigenvalue weighted by atomic mass is 16.5. The summed E-state index contributed by atoms with van der Waals surface area (Å²) in [5.41, 5.74) is 1.24. The molecule has 1 N–H and O–H groups in total. The van der Waals surface area contributed by atoms with Gasteiger partial charge in [-0.2, -0.15) is 0 Å². The van der Waals surface area contributed by atoms with E-state index in [2.05, 4.69) is 27.6 Å². The van der Waals surface area contributed by atoms with Crippen LogP contribution in [0, 0.1) is 0 Å². The van der Waals surface area contributed by atoms with E-state index in [0.29, 0.717) is 12.5 Å². The van der Waals surface area contributed by atoms with E-state index >= 15 is 0 Å². The van der Waals surface area contributed by atoms with Crippen molar-refractivity contribution in [1.29, 1.82) is 0 Å². The smallest absolute Gasteiger partial charge is 0.305 e. The summed E-state index contributed by atoms with van der Waals surface area (Å²) < 4.78 is 6.78. The van der Waals surface area contributed by atoms with E-state index in [1.165, 1.54) is 12.8 Å². The van der Waals surface area contributed by atoms with Gasteiger partial charge in [0, 0.05) is 30.9 Å². The molecule has 1 heterocycles. The van der Waals surface area contributed by atoms with Crippen LogP contribution in [0.2, 0.25) is 0 Å². The van der Waals surface area contributed by atoms with Crippen LogP contribution in [-0.4, -0.2) is 24.7 Å². The molecule has 1 atom stereocenters. The highest BCUT2D eigenvalue weighted by molar-refractivity contribution is 5.68. The zero-order chi connectivity index (χ0) is 12.0. The van der Waals surface area contributed by atoms with Crippen LogP contribution in [0.5, 0.6) is 0 Å². The van der Waals surface area contributed by atoms with E-state index < -0.39 is 0 Å². The predicted octanol–water partition coefficient (Wildman–Crippen LogP) is 1.72. The van der Waals surface area contributed by atoms with Crippen molar-refractivity contribution in [2.45, 2.75) is 32.4 Å². The zero-order valence-corrected chi connectivity index (χ0v) is 10.2. The predicted molar refractivity (Wildman–Crippen MR) is 63.2 cm³/mol. The molecule has 16 heavy (non-hydrogen) atoms. The average Bonchev–Trinajstić information content (AvgIpc) is 2.76. The third kappa shape index (κ3) is 3.38. The Morgan fingerprint density at radius 3 is 3.00 bits per heavy atom. The van der Waals surface area contributed by atoms with Gasteiger partial charge in [-0.1, -0.05) is 0 Å². The molecular formula is C12H20N2O2. The lowest BCUT2D eigenvalue weighted by Crippen LogP contribution is -2.17. The maximum atomic E-state index is 11.0. The Balaban J connectivity index is 2.48. The first kappa shape index (κ1) is 12.8. The van der Waals surface area contributed by atoms with Crippen molar-refractivity contribution in [3.8, 4) is 0 Å². The second-order valence-electron chi connectivity index (χ2n) is 3.82. The molecule has 0 spiro atoms. The van der Waals surface area contributed by atoms with Crippen molar-refractivity contribution in [3.05, 3.63) is 24.0 Å². The van der Waals surface area contributed by atoms with Gasteiger partial charge >= 0.3 is 5.97 Å². The summed E-state index contributed by atoms with van der Waals surface area (Å²) in [7, 11) is 3.36. The van der Waals surface area contributed by atoms with Gasteiger partial charge in [0.25, 0.3) is 0 Å². The Hall–Kier alpha value is -1.29. The van der Waals surface area contributed by atoms with Crippen LogP contribution in [0.1, 0.15) is 31.5 Å². The minimum Gasteiger partial charge on any atom is -0.469 e. The van der Waals surface area contributed by atoms with Crippen molar-refractivity contribution < 1.29 is 9.53 Å². The van der Waals surface area contributed by atoms with Gasteiger partial charge in [-0.05, 0) is 32.5 Å². The lowest BCUT2D eigenvalue weighted by Gasteiger charge is -2.14. The molecule has 4 heteroatoms. The fraction of sp³-hybridized carbons (Fsp3) is 0.583. The van der Waals surface area contributed by atoms with Gasteiger partial charge in [0.2, 0.25) is 0 Å². The molecule has 0 bridgehead atoms. The first-order valence-electron chi connectivity index (χ1n) is 5.58. The fourth-order valence-electron chi connectivity index (χ4n) is 1.67. The molecular weight excluding hydrogens is 204 g/mol. The maximum absolute atomic E-state index is 11.0. The van der Waals surface area contributed by atoms with Crippen LogP contribution >= 0.6 is 0 Å². The molecule has 0 saturated heterocycles. The number of rotatable bonds is 6. The van der Waals surface area contributed by atoms with E-state index in [4.69, 9.17) is 0 Å². The molecule has 1 aromatic rings. The standard InChI is InChI=1S/C12H20N2O2/c1-10(13-2)11-6-4-8-14(11)9-5-7-12(15)16-3/h4,6,8,10,13H,5,7,9H2,1-3H3. The number of ether oxygens (including phenoxy) is 1. The summed E-state index contributed by atoms with van der Waals surface area (Å²) >= 11 is 0. The number of nitrogens with zero attached hydrogens (tertiary/aromatic N) is 1. The van der Waals surface area contributed by atoms with E-state index in [0.717, 1.165) is 13.0 Å². The molecule has 1 aromatic heterocycles. The van der Waals surface area contributed by atoms with Crippen LogP contribution in [-0.2, 0) is 16.1 Å². The van der Waals surface area contributed by atoms with E-state index in [9.17, 15) is 4.79 Å². The Labute approximate surface area is 96.6 Å². The average molecular weight is 224 g/mol. The molecule has 90 valence electrons. The Morgan fingerprint density at radius 1 is 1.62 bits per heavy atom. The molecule has 0 aliphatic rings. The Bertz CT molecular complexity index is 334. The summed E-state index contributed by atoms with van der Waals surface area (Å²) in [4.78, 5) is 11.0. The minimum atomic E-state index is -0.143. The van der Waals surface area contributed by atoms with Crippen LogP contribution in [0.25, 0.3) is 0 Å². The summed E-state index contributed by atoms with van der Waals surface area (Å²) in [6.45, 7) is 2.97. The van der Waals surface area contributed by atoms with Gasteiger partial charge < -0.3 is 14.6 Å². The summed E-state index contributed by atoms with van der Waals surface area (Å²) in [6, 6.07) is 4.45. The number of aryl methyl sites for hydroxylation is 1. The monoisotopic (exact) mass is 224 g/mol. The van der Waals surface area contributed by atoms with Crippen molar-refractivity contribution in [2.24, 2.45) is 0 Å². The van der Waals surface area contributed by atoms with Gasteiger partial charge in [0.05, 0.1) is 7.11 Å². The number of nitrogens with one attached hydrogen (secondary N) is 1. The van der Waals surface area contributed by atoms with Crippen molar-refractivity contribution in [2.75, 3.05) is 14.2 Å². The van der Waals surface area contributed by atoms with Crippen LogP contribution in [0.4, 0.5) is 0 Å². The topological polar surface area (TPSA) is 43.3 Å². The largest absolute Gasteiger partial charge is 0.469 e. The summed E-state index contributed by atoms with van der Waals surface area (Å²) in [5.74, 6) is -0.143. The minimum absolute atomic E-state index is 0.143. The van der Waals surface area contributed by atoms with E-state index in [1.807, 2.05) is 19.3 Å². The molecule has 1 unspecified atom stereocenters. The number of hydrogen-bond acceptors (Lipinski definition) is 3. The van der Waals surface area contributed by atoms with Gasteiger partial charge in [-0.15, -0.1) is 0 Å². The molecule has 0 saturated carbocycles. The second-order valence-corrected chi connectivity index (χ2v) is 3.82. The van der Waals surface area contributed by atoms with Crippen molar-refractivity contribution in [1.82, 2.24) is 9.88 Å². The number of methoxy groups -OCH3 is 1.